The second-order valence-electron chi connectivity index (χ2n) is 7.59. The van der Waals surface area contributed by atoms with Crippen LogP contribution in [0.15, 0.2) is 90.4 Å². The predicted octanol–water partition coefficient (Wildman–Crippen LogP) is 5.29. The molecule has 0 saturated carbocycles. The van der Waals surface area contributed by atoms with Gasteiger partial charge in [0.1, 0.15) is 0 Å². The fourth-order valence-electron chi connectivity index (χ4n) is 3.93. The Morgan fingerprint density at radius 3 is 2.47 bits per heavy atom. The number of benzene rings is 2. The van der Waals surface area contributed by atoms with E-state index in [2.05, 4.69) is 10.1 Å². The first-order valence-corrected chi connectivity index (χ1v) is 10.7. The molecule has 1 amide bonds. The maximum absolute atomic E-state index is 12.5. The Morgan fingerprint density at radius 2 is 1.78 bits per heavy atom. The molecule has 32 heavy (non-hydrogen) atoms. The van der Waals surface area contributed by atoms with Crippen molar-refractivity contribution >= 4 is 23.2 Å². The van der Waals surface area contributed by atoms with Crippen LogP contribution >= 0.6 is 11.6 Å². The molecule has 0 N–H and O–H groups in total. The van der Waals surface area contributed by atoms with Crippen LogP contribution in [0.2, 0.25) is 5.02 Å². The lowest BCUT2D eigenvalue weighted by Crippen LogP contribution is -2.24. The highest BCUT2D eigenvalue weighted by Gasteiger charge is 2.34. The molecule has 0 spiro atoms. The van der Waals surface area contributed by atoms with Gasteiger partial charge in [-0.3, -0.25) is 9.78 Å². The van der Waals surface area contributed by atoms with E-state index in [9.17, 15) is 4.79 Å². The molecule has 2 aromatic heterocycles. The molecule has 4 aromatic rings. The Bertz CT molecular complexity index is 1280. The van der Waals surface area contributed by atoms with Gasteiger partial charge in [-0.25, -0.2) is 9.69 Å². The molecule has 1 aliphatic rings. The number of halogens is 1. The molecule has 2 aromatic carbocycles. The topological polar surface area (TPSA) is 63.4 Å². The van der Waals surface area contributed by atoms with Crippen molar-refractivity contribution in [3.8, 4) is 16.9 Å². The fraction of sp³-hybridized carbons (Fsp3) is 0.120. The molecule has 1 unspecified atom stereocenters. The van der Waals surface area contributed by atoms with Crippen molar-refractivity contribution in [1.29, 1.82) is 0 Å². The summed E-state index contributed by atoms with van der Waals surface area (Å²) in [5.74, 6) is -0.122. The third-order valence-electron chi connectivity index (χ3n) is 5.47. The largest absolute Gasteiger partial charge is 0.273 e. The molecule has 0 aliphatic carbocycles. The Labute approximate surface area is 190 Å². The van der Waals surface area contributed by atoms with E-state index in [1.54, 1.807) is 17.4 Å². The highest BCUT2D eigenvalue weighted by atomic mass is 35.5. The molecule has 158 valence electrons. The SMILES string of the molecule is CC(=O)N1N=C(c2cccnc2)CC1c1cn(-c2ccccc2)nc1-c1ccc(Cl)cc1. The number of hydrazone groups is 1. The van der Waals surface area contributed by atoms with Crippen molar-refractivity contribution in [1.82, 2.24) is 19.8 Å². The van der Waals surface area contributed by atoms with Gasteiger partial charge in [-0.05, 0) is 30.3 Å². The summed E-state index contributed by atoms with van der Waals surface area (Å²) in [5, 5.41) is 11.7. The Hall–Kier alpha value is -3.77. The van der Waals surface area contributed by atoms with Gasteiger partial charge in [0.15, 0.2) is 0 Å². The summed E-state index contributed by atoms with van der Waals surface area (Å²) in [6.07, 6.45) is 6.06. The molecule has 1 atom stereocenters. The van der Waals surface area contributed by atoms with Crippen LogP contribution < -0.4 is 0 Å². The van der Waals surface area contributed by atoms with E-state index in [1.165, 1.54) is 6.92 Å². The van der Waals surface area contributed by atoms with Crippen LogP contribution in [0.1, 0.15) is 30.5 Å². The van der Waals surface area contributed by atoms with Crippen molar-refractivity contribution < 1.29 is 4.79 Å². The number of para-hydroxylation sites is 1. The zero-order chi connectivity index (χ0) is 22.1. The van der Waals surface area contributed by atoms with E-state index in [1.807, 2.05) is 77.6 Å². The van der Waals surface area contributed by atoms with Crippen LogP contribution in [0.25, 0.3) is 16.9 Å². The lowest BCUT2D eigenvalue weighted by atomic mass is 9.97. The molecule has 1 aliphatic heterocycles. The van der Waals surface area contributed by atoms with Crippen LogP contribution in [0, 0.1) is 0 Å². The summed E-state index contributed by atoms with van der Waals surface area (Å²) >= 11 is 6.12. The van der Waals surface area contributed by atoms with Crippen LogP contribution in [0.3, 0.4) is 0 Å². The molecule has 0 bridgehead atoms. The lowest BCUT2D eigenvalue weighted by Gasteiger charge is -2.20. The van der Waals surface area contributed by atoms with E-state index >= 15 is 0 Å². The summed E-state index contributed by atoms with van der Waals surface area (Å²) < 4.78 is 1.85. The second-order valence-corrected chi connectivity index (χ2v) is 8.03. The van der Waals surface area contributed by atoms with E-state index < -0.39 is 0 Å². The summed E-state index contributed by atoms with van der Waals surface area (Å²) in [4.78, 5) is 16.7. The van der Waals surface area contributed by atoms with Gasteiger partial charge >= 0.3 is 0 Å². The minimum Gasteiger partial charge on any atom is -0.273 e. The highest BCUT2D eigenvalue weighted by Crippen LogP contribution is 2.38. The number of aromatic nitrogens is 3. The van der Waals surface area contributed by atoms with Gasteiger partial charge in [0, 0.05) is 53.6 Å². The molecular weight excluding hydrogens is 422 g/mol. The fourth-order valence-corrected chi connectivity index (χ4v) is 4.05. The minimum absolute atomic E-state index is 0.122. The second kappa shape index (κ2) is 8.40. The summed E-state index contributed by atoms with van der Waals surface area (Å²) in [5.41, 5.74) is 5.32. The van der Waals surface area contributed by atoms with Gasteiger partial charge in [0.05, 0.1) is 23.1 Å². The number of pyridine rings is 1. The average Bonchev–Trinajstić information content (AvgIpc) is 3.46. The van der Waals surface area contributed by atoms with Crippen molar-refractivity contribution in [2.45, 2.75) is 19.4 Å². The number of hydrogen-bond donors (Lipinski definition) is 0. The van der Waals surface area contributed by atoms with Crippen LogP contribution in [0.5, 0.6) is 0 Å². The third-order valence-corrected chi connectivity index (χ3v) is 5.72. The summed E-state index contributed by atoms with van der Waals surface area (Å²) in [6.45, 7) is 1.53. The summed E-state index contributed by atoms with van der Waals surface area (Å²) in [6, 6.07) is 21.0. The van der Waals surface area contributed by atoms with E-state index in [0.29, 0.717) is 11.4 Å². The number of carbonyl (C=O) groups is 1. The van der Waals surface area contributed by atoms with Crippen molar-refractivity contribution in [3.63, 3.8) is 0 Å². The normalized spacial score (nSPS) is 15.6. The van der Waals surface area contributed by atoms with E-state index in [4.69, 9.17) is 16.7 Å². The maximum Gasteiger partial charge on any atom is 0.240 e. The number of amides is 1. The first-order chi connectivity index (χ1) is 15.6. The molecule has 6 nitrogen and oxygen atoms in total. The van der Waals surface area contributed by atoms with Crippen LogP contribution in [-0.2, 0) is 4.79 Å². The van der Waals surface area contributed by atoms with Gasteiger partial charge in [0.2, 0.25) is 5.91 Å². The third kappa shape index (κ3) is 3.81. The van der Waals surface area contributed by atoms with Gasteiger partial charge in [0.25, 0.3) is 0 Å². The standard InChI is InChI=1S/C25H20ClN5O/c1-17(32)31-24(14-23(28-31)19-6-5-13-27-15-19)22-16-30(21-7-3-2-4-8-21)29-25(22)18-9-11-20(26)12-10-18/h2-13,15-16,24H,14H2,1H3. The molecule has 0 fully saturated rings. The van der Waals surface area contributed by atoms with Gasteiger partial charge < -0.3 is 0 Å². The Kier molecular flexibility index (Phi) is 5.29. The molecular formula is C25H20ClN5O. The van der Waals surface area contributed by atoms with Crippen molar-refractivity contribution in [2.75, 3.05) is 0 Å². The molecule has 0 saturated heterocycles. The molecule has 5 rings (SSSR count). The average molecular weight is 442 g/mol. The number of carbonyl (C=O) groups excluding carboxylic acids is 1. The number of nitrogens with zero attached hydrogens (tertiary/aromatic N) is 5. The highest BCUT2D eigenvalue weighted by molar-refractivity contribution is 6.30. The quantitative estimate of drug-likeness (QED) is 0.432. The zero-order valence-electron chi connectivity index (χ0n) is 17.4. The Morgan fingerprint density at radius 1 is 1.00 bits per heavy atom. The van der Waals surface area contributed by atoms with E-state index in [-0.39, 0.29) is 11.9 Å². The minimum atomic E-state index is -0.272. The van der Waals surface area contributed by atoms with Gasteiger partial charge in [-0.2, -0.15) is 10.2 Å². The van der Waals surface area contributed by atoms with Gasteiger partial charge in [-0.15, -0.1) is 0 Å². The van der Waals surface area contributed by atoms with Crippen molar-refractivity contribution in [2.24, 2.45) is 5.10 Å². The smallest absolute Gasteiger partial charge is 0.240 e. The number of rotatable bonds is 4. The predicted molar refractivity (Wildman–Crippen MR) is 125 cm³/mol. The molecule has 3 heterocycles. The first-order valence-electron chi connectivity index (χ1n) is 10.3. The van der Waals surface area contributed by atoms with E-state index in [0.717, 1.165) is 33.8 Å². The van der Waals surface area contributed by atoms with Gasteiger partial charge in [-0.1, -0.05) is 48.0 Å². The Balaban J connectivity index is 1.62. The molecule has 0 radical (unpaired) electrons. The summed E-state index contributed by atoms with van der Waals surface area (Å²) in [7, 11) is 0. The number of hydrogen-bond acceptors (Lipinski definition) is 4. The maximum atomic E-state index is 12.5. The van der Waals surface area contributed by atoms with Crippen molar-refractivity contribution in [3.05, 3.63) is 101 Å². The lowest BCUT2D eigenvalue weighted by molar-refractivity contribution is -0.130. The zero-order valence-corrected chi connectivity index (χ0v) is 18.1. The monoisotopic (exact) mass is 441 g/mol. The van der Waals surface area contributed by atoms with Crippen LogP contribution in [-0.4, -0.2) is 31.4 Å². The van der Waals surface area contributed by atoms with Crippen LogP contribution in [0.4, 0.5) is 0 Å². The molecule has 7 heteroatoms. The first kappa shape index (κ1) is 20.2.